The average molecular weight is 463 g/mol. The summed E-state index contributed by atoms with van der Waals surface area (Å²) in [6.07, 6.45) is -0.374. The van der Waals surface area contributed by atoms with Gasteiger partial charge in [-0.25, -0.2) is 4.39 Å². The summed E-state index contributed by atoms with van der Waals surface area (Å²) in [6.45, 7) is 4.08. The molecule has 0 bridgehead atoms. The molecule has 0 aliphatic carbocycles. The molecular weight excluding hydrogens is 433 g/mol. The van der Waals surface area contributed by atoms with Gasteiger partial charge in [0.15, 0.2) is 0 Å². The van der Waals surface area contributed by atoms with Crippen LogP contribution in [0, 0.1) is 5.41 Å². The fraction of sp³-hybridized carbons (Fsp3) is 0.500. The maximum atomic E-state index is 13.2. The average Bonchev–Trinajstić information content (AvgIpc) is 2.82. The van der Waals surface area contributed by atoms with Gasteiger partial charge in [-0.1, -0.05) is 30.3 Å². The first-order valence-electron chi connectivity index (χ1n) is 11.2. The minimum absolute atomic E-state index is 0.324. The lowest BCUT2D eigenvalue weighted by molar-refractivity contribution is -0.133. The Morgan fingerprint density at radius 1 is 1.18 bits per heavy atom. The molecule has 2 aromatic rings. The molecule has 2 aliphatic heterocycles. The number of aliphatic hydroxyl groups excluding tert-OH is 1. The lowest BCUT2D eigenvalue weighted by Crippen LogP contribution is -2.61. The molecule has 1 aromatic carbocycles. The van der Waals surface area contributed by atoms with Gasteiger partial charge in [-0.3, -0.25) is 14.7 Å². The van der Waals surface area contributed by atoms with E-state index < -0.39 is 31.2 Å². The molecule has 2 fully saturated rings. The number of halogens is 3. The van der Waals surface area contributed by atoms with E-state index in [1.54, 1.807) is 30.5 Å². The molecule has 1 spiro atoms. The molecule has 2 saturated heterocycles. The minimum Gasteiger partial charge on any atom is -0.386 e. The van der Waals surface area contributed by atoms with E-state index in [1.807, 2.05) is 17.4 Å². The maximum absolute atomic E-state index is 13.2. The Balaban J connectivity index is 1.33. The predicted octanol–water partition coefficient (Wildman–Crippen LogP) is 2.69. The highest BCUT2D eigenvalue weighted by atomic mass is 19.3. The molecule has 3 N–H and O–H groups in total. The SMILES string of the molecule is O=C(NC(CF)C(O)c1ccc(-c2ccc(CN3CC4(CCCNC4)C3)nc2)cc1)C(F)F. The van der Waals surface area contributed by atoms with Crippen LogP contribution in [0.15, 0.2) is 42.6 Å². The smallest absolute Gasteiger partial charge is 0.315 e. The van der Waals surface area contributed by atoms with Crippen LogP contribution in [0.1, 0.15) is 30.2 Å². The van der Waals surface area contributed by atoms with Crippen molar-refractivity contribution in [3.8, 4) is 11.1 Å². The lowest BCUT2D eigenvalue weighted by atomic mass is 9.74. The van der Waals surface area contributed by atoms with E-state index in [1.165, 1.54) is 12.8 Å². The Morgan fingerprint density at radius 2 is 1.91 bits per heavy atom. The van der Waals surface area contributed by atoms with Crippen molar-refractivity contribution in [3.63, 3.8) is 0 Å². The van der Waals surface area contributed by atoms with Crippen LogP contribution >= 0.6 is 0 Å². The first-order valence-corrected chi connectivity index (χ1v) is 11.2. The van der Waals surface area contributed by atoms with Crippen LogP contribution in [0.2, 0.25) is 0 Å². The summed E-state index contributed by atoms with van der Waals surface area (Å²) >= 11 is 0. The largest absolute Gasteiger partial charge is 0.386 e. The van der Waals surface area contributed by atoms with Gasteiger partial charge in [0.05, 0.1) is 11.7 Å². The number of likely N-dealkylation sites (tertiary alicyclic amines) is 1. The fourth-order valence-electron chi connectivity index (χ4n) is 4.78. The predicted molar refractivity (Wildman–Crippen MR) is 118 cm³/mol. The number of pyridine rings is 1. The van der Waals surface area contributed by atoms with E-state index >= 15 is 0 Å². The highest BCUT2D eigenvalue weighted by molar-refractivity contribution is 5.79. The number of aliphatic hydroxyl groups is 1. The van der Waals surface area contributed by atoms with Crippen LogP contribution in [0.3, 0.4) is 0 Å². The Kier molecular flexibility index (Phi) is 7.31. The molecule has 178 valence electrons. The quantitative estimate of drug-likeness (QED) is 0.563. The highest BCUT2D eigenvalue weighted by Crippen LogP contribution is 2.37. The summed E-state index contributed by atoms with van der Waals surface area (Å²) < 4.78 is 38.0. The molecule has 6 nitrogen and oxygen atoms in total. The van der Waals surface area contributed by atoms with Gasteiger partial charge in [-0.2, -0.15) is 8.78 Å². The number of hydrogen-bond donors (Lipinski definition) is 3. The molecule has 33 heavy (non-hydrogen) atoms. The summed E-state index contributed by atoms with van der Waals surface area (Å²) in [5.74, 6) is -1.61. The molecule has 0 radical (unpaired) electrons. The Hall–Kier alpha value is -2.49. The summed E-state index contributed by atoms with van der Waals surface area (Å²) in [6, 6.07) is 9.21. The second kappa shape index (κ2) is 10.2. The second-order valence-corrected chi connectivity index (χ2v) is 9.10. The molecule has 3 heterocycles. The number of piperidine rings is 1. The Morgan fingerprint density at radius 3 is 2.48 bits per heavy atom. The van der Waals surface area contributed by atoms with Crippen molar-refractivity contribution >= 4 is 5.91 Å². The number of nitrogens with zero attached hydrogens (tertiary/aromatic N) is 2. The number of hydrogen-bond acceptors (Lipinski definition) is 5. The van der Waals surface area contributed by atoms with E-state index in [-0.39, 0.29) is 0 Å². The van der Waals surface area contributed by atoms with Gasteiger partial charge < -0.3 is 15.7 Å². The third-order valence-electron chi connectivity index (χ3n) is 6.55. The standard InChI is InChI=1S/C24H29F3N4O2/c25-10-20(30-23(33)22(26)27)21(32)17-4-2-16(3-5-17)18-6-7-19(29-11-18)12-31-14-24(15-31)8-1-9-28-13-24/h2-7,11,20-22,28,32H,1,8-10,12-15H2,(H,30,33). The number of nitrogens with one attached hydrogen (secondary N) is 2. The van der Waals surface area contributed by atoms with E-state index in [0.29, 0.717) is 11.0 Å². The number of carbonyl (C=O) groups is 1. The molecular formula is C24H29F3N4O2. The third-order valence-corrected chi connectivity index (χ3v) is 6.55. The number of alkyl halides is 3. The van der Waals surface area contributed by atoms with E-state index in [2.05, 4.69) is 15.2 Å². The summed E-state index contributed by atoms with van der Waals surface area (Å²) in [7, 11) is 0. The topological polar surface area (TPSA) is 77.5 Å². The van der Waals surface area contributed by atoms with Gasteiger partial charge in [0.1, 0.15) is 12.8 Å². The zero-order valence-electron chi connectivity index (χ0n) is 18.3. The van der Waals surface area contributed by atoms with Crippen molar-refractivity contribution in [2.45, 2.75) is 38.0 Å². The first kappa shape index (κ1) is 23.7. The molecule has 1 amide bonds. The number of aromatic nitrogens is 1. The van der Waals surface area contributed by atoms with Crippen molar-refractivity contribution < 1.29 is 23.1 Å². The minimum atomic E-state index is -3.27. The molecule has 9 heteroatoms. The maximum Gasteiger partial charge on any atom is 0.315 e. The molecule has 1 aromatic heterocycles. The molecule has 4 rings (SSSR count). The van der Waals surface area contributed by atoms with E-state index in [0.717, 1.165) is 49.5 Å². The molecule has 2 unspecified atom stereocenters. The zero-order chi connectivity index (χ0) is 23.4. The van der Waals surface area contributed by atoms with Crippen LogP contribution in [-0.4, -0.2) is 66.2 Å². The monoisotopic (exact) mass is 462 g/mol. The van der Waals surface area contributed by atoms with Crippen LogP contribution in [0.4, 0.5) is 13.2 Å². The third kappa shape index (κ3) is 5.54. The fourth-order valence-corrected chi connectivity index (χ4v) is 4.78. The van der Waals surface area contributed by atoms with Crippen molar-refractivity contribution in [1.29, 1.82) is 0 Å². The summed E-state index contributed by atoms with van der Waals surface area (Å²) in [5, 5.41) is 15.6. The van der Waals surface area contributed by atoms with Crippen molar-refractivity contribution in [2.24, 2.45) is 5.41 Å². The van der Waals surface area contributed by atoms with Gasteiger partial charge >= 0.3 is 6.43 Å². The van der Waals surface area contributed by atoms with E-state index in [4.69, 9.17) is 0 Å². The highest BCUT2D eigenvalue weighted by Gasteiger charge is 2.43. The summed E-state index contributed by atoms with van der Waals surface area (Å²) in [4.78, 5) is 18.1. The Bertz CT molecular complexity index is 926. The summed E-state index contributed by atoms with van der Waals surface area (Å²) in [5.41, 5.74) is 3.52. The van der Waals surface area contributed by atoms with Gasteiger partial charge in [-0.15, -0.1) is 0 Å². The van der Waals surface area contributed by atoms with E-state index in [9.17, 15) is 23.1 Å². The number of benzene rings is 1. The van der Waals surface area contributed by atoms with Crippen LogP contribution < -0.4 is 10.6 Å². The van der Waals surface area contributed by atoms with Gasteiger partial charge in [-0.05, 0) is 36.6 Å². The molecule has 0 saturated carbocycles. The Labute approximate surface area is 191 Å². The van der Waals surface area contributed by atoms with Crippen molar-refractivity contribution in [2.75, 3.05) is 32.9 Å². The zero-order valence-corrected chi connectivity index (χ0v) is 18.3. The lowest BCUT2D eigenvalue weighted by Gasteiger charge is -2.52. The van der Waals surface area contributed by atoms with Gasteiger partial charge in [0.25, 0.3) is 5.91 Å². The number of carbonyl (C=O) groups excluding carboxylic acids is 1. The van der Waals surface area contributed by atoms with Crippen LogP contribution in [0.5, 0.6) is 0 Å². The van der Waals surface area contributed by atoms with Gasteiger partial charge in [0.2, 0.25) is 0 Å². The van der Waals surface area contributed by atoms with Crippen LogP contribution in [0.25, 0.3) is 11.1 Å². The van der Waals surface area contributed by atoms with Crippen molar-refractivity contribution in [3.05, 3.63) is 53.9 Å². The van der Waals surface area contributed by atoms with Crippen LogP contribution in [-0.2, 0) is 11.3 Å². The second-order valence-electron chi connectivity index (χ2n) is 9.10. The normalized spacial score (nSPS) is 19.8. The molecule has 2 aliphatic rings. The van der Waals surface area contributed by atoms with Gasteiger partial charge in [0, 0.05) is 43.4 Å². The number of rotatable bonds is 8. The first-order chi connectivity index (χ1) is 15.9. The van der Waals surface area contributed by atoms with Crippen molar-refractivity contribution in [1.82, 2.24) is 20.5 Å². The number of amides is 1. The molecule has 2 atom stereocenters.